The van der Waals surface area contributed by atoms with Gasteiger partial charge in [0.25, 0.3) is 5.91 Å². The molecule has 2 aliphatic rings. The van der Waals surface area contributed by atoms with E-state index in [1.807, 2.05) is 13.0 Å². The lowest BCUT2D eigenvalue weighted by Crippen LogP contribution is -2.46. The molecule has 2 aromatic heterocycles. The number of hydrogen-bond acceptors (Lipinski definition) is 6. The van der Waals surface area contributed by atoms with Crippen molar-refractivity contribution in [2.45, 2.75) is 31.8 Å². The van der Waals surface area contributed by atoms with Crippen LogP contribution in [0.2, 0.25) is 0 Å². The Bertz CT molecular complexity index is 885. The molecule has 0 radical (unpaired) electrons. The van der Waals surface area contributed by atoms with Crippen molar-refractivity contribution in [3.63, 3.8) is 0 Å². The molecule has 1 spiro atoms. The highest BCUT2D eigenvalue weighted by Crippen LogP contribution is 2.45. The summed E-state index contributed by atoms with van der Waals surface area (Å²) < 4.78 is 6.21. The molecular formula is C20H23N3O4S. The second-order valence-electron chi connectivity index (χ2n) is 7.11. The minimum absolute atomic E-state index is 0.116. The number of thiophene rings is 1. The Morgan fingerprint density at radius 2 is 2.14 bits per heavy atom. The Balaban J connectivity index is 1.48. The van der Waals surface area contributed by atoms with E-state index in [4.69, 9.17) is 4.74 Å². The number of aromatic carboxylic acids is 1. The van der Waals surface area contributed by atoms with Gasteiger partial charge in [0.2, 0.25) is 0 Å². The minimum atomic E-state index is -0.872. The third-order valence-corrected chi connectivity index (χ3v) is 6.78. The summed E-state index contributed by atoms with van der Waals surface area (Å²) in [5.41, 5.74) is 1.29. The predicted octanol–water partition coefficient (Wildman–Crippen LogP) is 2.66. The van der Waals surface area contributed by atoms with Gasteiger partial charge in [0.15, 0.2) is 0 Å². The van der Waals surface area contributed by atoms with Gasteiger partial charge in [-0.25, -0.2) is 9.78 Å². The third-order valence-electron chi connectivity index (χ3n) is 5.43. The summed E-state index contributed by atoms with van der Waals surface area (Å²) in [5.74, 6) is -0.145. The first-order chi connectivity index (χ1) is 13.5. The summed E-state index contributed by atoms with van der Waals surface area (Å²) in [6.45, 7) is 4.64. The van der Waals surface area contributed by atoms with Crippen molar-refractivity contribution in [2.24, 2.45) is 0 Å². The number of nitrogens with one attached hydrogen (secondary N) is 1. The van der Waals surface area contributed by atoms with Crippen molar-refractivity contribution in [2.75, 3.05) is 31.1 Å². The summed E-state index contributed by atoms with van der Waals surface area (Å²) >= 11 is 1.35. The number of carboxylic acids is 1. The van der Waals surface area contributed by atoms with E-state index in [-0.39, 0.29) is 11.5 Å². The number of carbonyl (C=O) groups is 2. The molecule has 4 rings (SSSR count). The molecule has 8 heteroatoms. The van der Waals surface area contributed by atoms with Crippen molar-refractivity contribution >= 4 is 29.0 Å². The first kappa shape index (κ1) is 18.9. The molecule has 0 aliphatic carbocycles. The van der Waals surface area contributed by atoms with Gasteiger partial charge in [-0.3, -0.25) is 4.79 Å². The first-order valence-corrected chi connectivity index (χ1v) is 10.3. The highest BCUT2D eigenvalue weighted by Gasteiger charge is 2.43. The normalized spacial score (nSPS) is 18.0. The van der Waals surface area contributed by atoms with Gasteiger partial charge in [-0.1, -0.05) is 0 Å². The number of amides is 1. The van der Waals surface area contributed by atoms with Gasteiger partial charge in [0.05, 0.1) is 12.2 Å². The summed E-state index contributed by atoms with van der Waals surface area (Å²) in [4.78, 5) is 31.4. The van der Waals surface area contributed by atoms with Crippen LogP contribution in [0.4, 0.5) is 5.82 Å². The number of carboxylic acid groups (broad SMARTS) is 1. The Labute approximate surface area is 167 Å². The quantitative estimate of drug-likeness (QED) is 0.818. The molecule has 148 valence electrons. The number of piperidine rings is 1. The van der Waals surface area contributed by atoms with Gasteiger partial charge in [-0.2, -0.15) is 0 Å². The van der Waals surface area contributed by atoms with Crippen LogP contribution in [0.5, 0.6) is 0 Å². The molecule has 4 heterocycles. The van der Waals surface area contributed by atoms with Gasteiger partial charge >= 0.3 is 5.97 Å². The van der Waals surface area contributed by atoms with Gasteiger partial charge in [0.1, 0.15) is 16.3 Å². The predicted molar refractivity (Wildman–Crippen MR) is 106 cm³/mol. The topological polar surface area (TPSA) is 91.8 Å². The minimum Gasteiger partial charge on any atom is -0.477 e. The highest BCUT2D eigenvalue weighted by atomic mass is 32.1. The smallest absolute Gasteiger partial charge is 0.345 e. The average Bonchev–Trinajstić information content (AvgIpc) is 3.16. The van der Waals surface area contributed by atoms with E-state index in [0.717, 1.165) is 48.6 Å². The fraction of sp³-hybridized carbons (Fsp3) is 0.450. The van der Waals surface area contributed by atoms with Gasteiger partial charge in [0, 0.05) is 30.7 Å². The zero-order valence-corrected chi connectivity index (χ0v) is 16.6. The van der Waals surface area contributed by atoms with Crippen LogP contribution < -0.4 is 10.2 Å². The molecule has 0 aromatic carbocycles. The molecule has 28 heavy (non-hydrogen) atoms. The van der Waals surface area contributed by atoms with Crippen LogP contribution in [-0.4, -0.2) is 48.2 Å². The second kappa shape index (κ2) is 7.52. The van der Waals surface area contributed by atoms with Crippen LogP contribution in [0.3, 0.4) is 0 Å². The SMILES string of the molecule is CCNC(=O)c1ccc(N2CCC3(CC2)OCCc2cc(C(=O)O)sc23)nc1. The van der Waals surface area contributed by atoms with E-state index in [1.165, 1.54) is 11.3 Å². The molecule has 1 amide bonds. The number of anilines is 1. The van der Waals surface area contributed by atoms with Gasteiger partial charge in [-0.05, 0) is 49.9 Å². The average molecular weight is 401 g/mol. The molecule has 2 N–H and O–H groups in total. The van der Waals surface area contributed by atoms with Crippen LogP contribution in [-0.2, 0) is 16.8 Å². The lowest BCUT2D eigenvalue weighted by Gasteiger charge is -2.44. The number of pyridine rings is 1. The van der Waals surface area contributed by atoms with Crippen LogP contribution >= 0.6 is 11.3 Å². The lowest BCUT2D eigenvalue weighted by molar-refractivity contribution is -0.0735. The summed E-state index contributed by atoms with van der Waals surface area (Å²) in [5, 5.41) is 12.1. The third kappa shape index (κ3) is 3.38. The number of hydrogen-bond donors (Lipinski definition) is 2. The largest absolute Gasteiger partial charge is 0.477 e. The lowest BCUT2D eigenvalue weighted by atomic mass is 9.85. The Morgan fingerprint density at radius 1 is 1.36 bits per heavy atom. The van der Waals surface area contributed by atoms with E-state index in [1.54, 1.807) is 18.3 Å². The Hall–Kier alpha value is -2.45. The standard InChI is InChI=1S/C20H23N3O4S/c1-2-21-18(24)14-3-4-16(22-12-14)23-8-6-20(7-9-23)17-13(5-10-27-20)11-15(28-17)19(25)26/h3-4,11-12H,2,5-10H2,1H3,(H,21,24)(H,25,26). The zero-order valence-electron chi connectivity index (χ0n) is 15.7. The summed E-state index contributed by atoms with van der Waals surface area (Å²) in [6.07, 6.45) is 3.96. The van der Waals surface area contributed by atoms with E-state index in [2.05, 4.69) is 15.2 Å². The number of ether oxygens (including phenoxy) is 1. The first-order valence-electron chi connectivity index (χ1n) is 9.52. The number of fused-ring (bicyclic) bond motifs is 2. The molecule has 1 fully saturated rings. The fourth-order valence-electron chi connectivity index (χ4n) is 3.97. The highest BCUT2D eigenvalue weighted by molar-refractivity contribution is 7.14. The van der Waals surface area contributed by atoms with E-state index >= 15 is 0 Å². The van der Waals surface area contributed by atoms with Crippen molar-refractivity contribution < 1.29 is 19.4 Å². The van der Waals surface area contributed by atoms with E-state index < -0.39 is 5.97 Å². The molecule has 0 saturated carbocycles. The number of aromatic nitrogens is 1. The molecule has 0 atom stereocenters. The Kier molecular flexibility index (Phi) is 5.07. The fourth-order valence-corrected chi connectivity index (χ4v) is 5.22. The molecule has 2 aliphatic heterocycles. The molecule has 0 bridgehead atoms. The zero-order chi connectivity index (χ0) is 19.7. The summed E-state index contributed by atoms with van der Waals surface area (Å²) in [7, 11) is 0. The van der Waals surface area contributed by atoms with Crippen LogP contribution in [0.25, 0.3) is 0 Å². The van der Waals surface area contributed by atoms with Crippen molar-refractivity contribution in [1.82, 2.24) is 10.3 Å². The van der Waals surface area contributed by atoms with Gasteiger partial charge < -0.3 is 20.1 Å². The van der Waals surface area contributed by atoms with Crippen molar-refractivity contribution in [1.29, 1.82) is 0 Å². The summed E-state index contributed by atoms with van der Waals surface area (Å²) in [6, 6.07) is 5.48. The molecule has 0 unspecified atom stereocenters. The number of rotatable bonds is 4. The maximum absolute atomic E-state index is 11.9. The van der Waals surface area contributed by atoms with Gasteiger partial charge in [-0.15, -0.1) is 11.3 Å². The van der Waals surface area contributed by atoms with E-state index in [9.17, 15) is 14.7 Å². The molecule has 1 saturated heterocycles. The van der Waals surface area contributed by atoms with Crippen molar-refractivity contribution in [3.8, 4) is 0 Å². The van der Waals surface area contributed by atoms with Crippen LogP contribution in [0.1, 0.15) is 50.2 Å². The second-order valence-corrected chi connectivity index (χ2v) is 8.17. The monoisotopic (exact) mass is 401 g/mol. The van der Waals surface area contributed by atoms with Crippen LogP contribution in [0, 0.1) is 0 Å². The Morgan fingerprint density at radius 3 is 2.79 bits per heavy atom. The van der Waals surface area contributed by atoms with Crippen LogP contribution in [0.15, 0.2) is 24.4 Å². The van der Waals surface area contributed by atoms with E-state index in [0.29, 0.717) is 23.6 Å². The molecule has 2 aromatic rings. The molecular weight excluding hydrogens is 378 g/mol. The maximum Gasteiger partial charge on any atom is 0.345 e. The van der Waals surface area contributed by atoms with Crippen molar-refractivity contribution in [3.05, 3.63) is 45.3 Å². The number of nitrogens with zero attached hydrogens (tertiary/aromatic N) is 2. The number of carbonyl (C=O) groups excluding carboxylic acids is 1. The molecule has 7 nitrogen and oxygen atoms in total. The maximum atomic E-state index is 11.9.